The van der Waals surface area contributed by atoms with Crippen molar-refractivity contribution in [1.82, 2.24) is 9.97 Å². The first-order chi connectivity index (χ1) is 6.92. The van der Waals surface area contributed by atoms with Gasteiger partial charge in [0.25, 0.3) is 0 Å². The summed E-state index contributed by atoms with van der Waals surface area (Å²) in [5.41, 5.74) is 1.29. The second-order valence-electron chi connectivity index (χ2n) is 3.37. The molecule has 0 aliphatic heterocycles. The van der Waals surface area contributed by atoms with Gasteiger partial charge in [-0.05, 0) is 19.3 Å². The van der Waals surface area contributed by atoms with Crippen LogP contribution < -0.4 is 0 Å². The van der Waals surface area contributed by atoms with Gasteiger partial charge in [0, 0.05) is 18.3 Å². The van der Waals surface area contributed by atoms with Crippen LogP contribution in [0.2, 0.25) is 0 Å². The van der Waals surface area contributed by atoms with Crippen molar-refractivity contribution >= 4 is 0 Å². The monoisotopic (exact) mass is 185 g/mol. The van der Waals surface area contributed by atoms with Crippen LogP contribution in [-0.4, -0.2) is 9.97 Å². The van der Waals surface area contributed by atoms with E-state index in [9.17, 15) is 0 Å². The second kappa shape index (κ2) is 4.01. The highest BCUT2D eigenvalue weighted by molar-refractivity contribution is 5.30. The van der Waals surface area contributed by atoms with Gasteiger partial charge >= 0.3 is 0 Å². The van der Waals surface area contributed by atoms with E-state index in [1.165, 1.54) is 6.42 Å². The molecule has 70 valence electrons. The third kappa shape index (κ3) is 1.64. The summed E-state index contributed by atoms with van der Waals surface area (Å²) in [5.74, 6) is 0.284. The number of hydrogen-bond acceptors (Lipinski definition) is 3. The van der Waals surface area contributed by atoms with Gasteiger partial charge in [0.1, 0.15) is 6.07 Å². The summed E-state index contributed by atoms with van der Waals surface area (Å²) in [6.07, 6.45) is 10.9. The third-order valence-corrected chi connectivity index (χ3v) is 2.44. The Morgan fingerprint density at radius 1 is 1.36 bits per heavy atom. The van der Waals surface area contributed by atoms with Crippen LogP contribution >= 0.6 is 0 Å². The van der Waals surface area contributed by atoms with Crippen LogP contribution in [0.5, 0.6) is 0 Å². The van der Waals surface area contributed by atoms with Gasteiger partial charge in [-0.25, -0.2) is 4.98 Å². The Morgan fingerprint density at radius 2 is 2.21 bits per heavy atom. The van der Waals surface area contributed by atoms with Crippen molar-refractivity contribution in [2.45, 2.75) is 25.2 Å². The standard InChI is InChI=1S/C11H11N3/c12-8-10-11(14-7-6-13-10)9-4-2-1-3-5-9/h2,4,6-7,9H,1,3,5H2. The Hall–Kier alpha value is -1.69. The molecule has 0 saturated heterocycles. The molecule has 1 atom stereocenters. The molecule has 0 amide bonds. The normalized spacial score (nSPS) is 20.4. The van der Waals surface area contributed by atoms with Crippen molar-refractivity contribution in [3.05, 3.63) is 35.9 Å². The van der Waals surface area contributed by atoms with E-state index < -0.39 is 0 Å². The lowest BCUT2D eigenvalue weighted by molar-refractivity contribution is 0.637. The van der Waals surface area contributed by atoms with E-state index >= 15 is 0 Å². The molecule has 1 unspecified atom stereocenters. The maximum atomic E-state index is 8.87. The topological polar surface area (TPSA) is 49.6 Å². The molecular weight excluding hydrogens is 174 g/mol. The quantitative estimate of drug-likeness (QED) is 0.630. The maximum Gasteiger partial charge on any atom is 0.162 e. The van der Waals surface area contributed by atoms with Gasteiger partial charge in [0.2, 0.25) is 0 Å². The van der Waals surface area contributed by atoms with Crippen molar-refractivity contribution in [3.63, 3.8) is 0 Å². The molecule has 1 heterocycles. The molecule has 3 nitrogen and oxygen atoms in total. The fourth-order valence-corrected chi connectivity index (χ4v) is 1.75. The molecule has 0 saturated carbocycles. The van der Waals surface area contributed by atoms with Gasteiger partial charge in [-0.1, -0.05) is 12.2 Å². The van der Waals surface area contributed by atoms with Gasteiger partial charge in [-0.15, -0.1) is 0 Å². The molecule has 0 aromatic carbocycles. The zero-order valence-electron chi connectivity index (χ0n) is 7.85. The molecule has 1 aromatic heterocycles. The first-order valence-electron chi connectivity index (χ1n) is 4.79. The number of aromatic nitrogens is 2. The van der Waals surface area contributed by atoms with E-state index in [4.69, 9.17) is 5.26 Å². The first-order valence-corrected chi connectivity index (χ1v) is 4.79. The Labute approximate surface area is 83.1 Å². The lowest BCUT2D eigenvalue weighted by Gasteiger charge is -2.15. The van der Waals surface area contributed by atoms with E-state index in [2.05, 4.69) is 28.2 Å². The van der Waals surface area contributed by atoms with Crippen LogP contribution in [0, 0.1) is 11.3 Å². The second-order valence-corrected chi connectivity index (χ2v) is 3.37. The van der Waals surface area contributed by atoms with Crippen molar-refractivity contribution in [3.8, 4) is 6.07 Å². The zero-order chi connectivity index (χ0) is 9.80. The van der Waals surface area contributed by atoms with Gasteiger partial charge < -0.3 is 0 Å². The lowest BCUT2D eigenvalue weighted by Crippen LogP contribution is -2.05. The minimum Gasteiger partial charge on any atom is -0.256 e. The van der Waals surface area contributed by atoms with Gasteiger partial charge in [0.15, 0.2) is 5.69 Å². The van der Waals surface area contributed by atoms with Crippen molar-refractivity contribution in [2.24, 2.45) is 0 Å². The minimum absolute atomic E-state index is 0.284. The summed E-state index contributed by atoms with van der Waals surface area (Å²) >= 11 is 0. The number of allylic oxidation sites excluding steroid dienone is 2. The highest BCUT2D eigenvalue weighted by Crippen LogP contribution is 2.27. The van der Waals surface area contributed by atoms with Crippen LogP contribution in [-0.2, 0) is 0 Å². The van der Waals surface area contributed by atoms with E-state index in [-0.39, 0.29) is 5.92 Å². The van der Waals surface area contributed by atoms with Crippen molar-refractivity contribution < 1.29 is 0 Å². The SMILES string of the molecule is N#Cc1nccnc1C1C=CCCC1. The molecule has 0 N–H and O–H groups in total. The van der Waals surface area contributed by atoms with E-state index in [0.717, 1.165) is 18.5 Å². The van der Waals surface area contributed by atoms with Crippen molar-refractivity contribution in [2.75, 3.05) is 0 Å². The molecule has 2 rings (SSSR count). The van der Waals surface area contributed by atoms with E-state index in [0.29, 0.717) is 5.69 Å². The number of rotatable bonds is 1. The minimum atomic E-state index is 0.284. The smallest absolute Gasteiger partial charge is 0.162 e. The maximum absolute atomic E-state index is 8.87. The molecule has 0 fully saturated rings. The number of nitrogens with zero attached hydrogens (tertiary/aromatic N) is 3. The van der Waals surface area contributed by atoms with Gasteiger partial charge in [-0.2, -0.15) is 5.26 Å². The van der Waals surface area contributed by atoms with E-state index in [1.54, 1.807) is 12.4 Å². The molecular formula is C11H11N3. The highest BCUT2D eigenvalue weighted by Gasteiger charge is 2.16. The molecule has 0 spiro atoms. The van der Waals surface area contributed by atoms with Crippen LogP contribution in [0.25, 0.3) is 0 Å². The average Bonchev–Trinajstić information content (AvgIpc) is 2.30. The summed E-state index contributed by atoms with van der Waals surface area (Å²) in [5, 5.41) is 8.87. The molecule has 1 aliphatic carbocycles. The Kier molecular flexibility index (Phi) is 2.55. The van der Waals surface area contributed by atoms with Gasteiger partial charge in [0.05, 0.1) is 5.69 Å². The van der Waals surface area contributed by atoms with Gasteiger partial charge in [-0.3, -0.25) is 4.98 Å². The molecule has 3 heteroatoms. The molecule has 14 heavy (non-hydrogen) atoms. The summed E-state index contributed by atoms with van der Waals surface area (Å²) < 4.78 is 0. The van der Waals surface area contributed by atoms with Crippen LogP contribution in [0.3, 0.4) is 0 Å². The zero-order valence-corrected chi connectivity index (χ0v) is 7.85. The number of hydrogen-bond donors (Lipinski definition) is 0. The molecule has 1 aromatic rings. The Morgan fingerprint density at radius 3 is 2.93 bits per heavy atom. The molecule has 1 aliphatic rings. The fourth-order valence-electron chi connectivity index (χ4n) is 1.75. The van der Waals surface area contributed by atoms with Crippen LogP contribution in [0.4, 0.5) is 0 Å². The summed E-state index contributed by atoms with van der Waals surface area (Å²) in [4.78, 5) is 8.25. The summed E-state index contributed by atoms with van der Waals surface area (Å²) in [6, 6.07) is 2.09. The highest BCUT2D eigenvalue weighted by atomic mass is 14.8. The molecule has 0 bridgehead atoms. The third-order valence-electron chi connectivity index (χ3n) is 2.44. The number of nitriles is 1. The van der Waals surface area contributed by atoms with Crippen LogP contribution in [0.1, 0.15) is 36.6 Å². The Bertz CT molecular complexity index is 390. The van der Waals surface area contributed by atoms with Crippen LogP contribution in [0.15, 0.2) is 24.5 Å². The Balaban J connectivity index is 2.35. The van der Waals surface area contributed by atoms with Crippen molar-refractivity contribution in [1.29, 1.82) is 5.26 Å². The largest absolute Gasteiger partial charge is 0.256 e. The predicted molar refractivity (Wildman–Crippen MR) is 52.5 cm³/mol. The fraction of sp³-hybridized carbons (Fsp3) is 0.364. The summed E-state index contributed by atoms with van der Waals surface area (Å²) in [7, 11) is 0. The van der Waals surface area contributed by atoms with E-state index in [1.807, 2.05) is 0 Å². The lowest BCUT2D eigenvalue weighted by atomic mass is 9.92. The first kappa shape index (κ1) is 8.89. The molecule has 0 radical (unpaired) electrons. The average molecular weight is 185 g/mol. The summed E-state index contributed by atoms with van der Waals surface area (Å²) in [6.45, 7) is 0. The predicted octanol–water partition coefficient (Wildman–Crippen LogP) is 2.17.